The predicted molar refractivity (Wildman–Crippen MR) is 82.3 cm³/mol. The van der Waals surface area contributed by atoms with Crippen LogP contribution in [0, 0.1) is 10.1 Å². The minimum atomic E-state index is -0.352. The first-order valence-electron chi connectivity index (χ1n) is 7.88. The van der Waals surface area contributed by atoms with Gasteiger partial charge in [0.25, 0.3) is 5.69 Å². The lowest BCUT2D eigenvalue weighted by Gasteiger charge is -2.34. The minimum Gasteiger partial charge on any atom is -0.307 e. The van der Waals surface area contributed by atoms with Crippen molar-refractivity contribution < 1.29 is 4.92 Å². The number of hydrogen-bond acceptors (Lipinski definition) is 4. The summed E-state index contributed by atoms with van der Waals surface area (Å²) in [5.74, 6) is 0. The summed E-state index contributed by atoms with van der Waals surface area (Å²) in [4.78, 5) is 12.9. The molecule has 1 saturated heterocycles. The van der Waals surface area contributed by atoms with Gasteiger partial charge in [-0.25, -0.2) is 0 Å². The maximum atomic E-state index is 10.7. The van der Waals surface area contributed by atoms with E-state index in [-0.39, 0.29) is 16.7 Å². The third kappa shape index (κ3) is 3.60. The molecule has 1 saturated carbocycles. The molecule has 1 aromatic rings. The van der Waals surface area contributed by atoms with E-state index < -0.39 is 0 Å². The van der Waals surface area contributed by atoms with E-state index in [4.69, 9.17) is 0 Å². The van der Waals surface area contributed by atoms with E-state index in [2.05, 4.69) is 17.1 Å². The number of rotatable bonds is 5. The molecule has 5 heteroatoms. The number of nitro benzene ring substituents is 1. The Hall–Kier alpha value is -1.46. The van der Waals surface area contributed by atoms with Crippen molar-refractivity contribution >= 4 is 5.69 Å². The van der Waals surface area contributed by atoms with E-state index in [1.165, 1.54) is 38.8 Å². The quantitative estimate of drug-likeness (QED) is 0.669. The molecule has 1 aromatic carbocycles. The molecule has 3 rings (SSSR count). The molecule has 1 N–H and O–H groups in total. The van der Waals surface area contributed by atoms with Gasteiger partial charge < -0.3 is 10.2 Å². The van der Waals surface area contributed by atoms with Gasteiger partial charge in [-0.1, -0.05) is 12.1 Å². The highest BCUT2D eigenvalue weighted by atomic mass is 16.6. The minimum absolute atomic E-state index is 0.156. The van der Waals surface area contributed by atoms with Crippen LogP contribution in [0.1, 0.15) is 44.2 Å². The molecule has 5 nitrogen and oxygen atoms in total. The van der Waals surface area contributed by atoms with Gasteiger partial charge in [0.05, 0.1) is 4.92 Å². The molecule has 2 aliphatic rings. The molecule has 1 unspecified atom stereocenters. The molecule has 114 valence electrons. The average molecular weight is 289 g/mol. The highest BCUT2D eigenvalue weighted by molar-refractivity contribution is 5.34. The second-order valence-electron chi connectivity index (χ2n) is 6.28. The Morgan fingerprint density at radius 3 is 2.33 bits per heavy atom. The Labute approximate surface area is 125 Å². The van der Waals surface area contributed by atoms with Gasteiger partial charge in [0, 0.05) is 30.3 Å². The zero-order valence-corrected chi connectivity index (χ0v) is 12.5. The molecule has 2 fully saturated rings. The summed E-state index contributed by atoms with van der Waals surface area (Å²) in [5.41, 5.74) is 1.27. The van der Waals surface area contributed by atoms with Gasteiger partial charge in [0.1, 0.15) is 0 Å². The molecule has 0 bridgehead atoms. The topological polar surface area (TPSA) is 58.4 Å². The lowest BCUT2D eigenvalue weighted by Crippen LogP contribution is -2.44. The van der Waals surface area contributed by atoms with Crippen LogP contribution in [-0.2, 0) is 0 Å². The summed E-state index contributed by atoms with van der Waals surface area (Å²) in [6.07, 6.45) is 5.18. The summed E-state index contributed by atoms with van der Waals surface area (Å²) in [7, 11) is 0. The van der Waals surface area contributed by atoms with Gasteiger partial charge in [-0.15, -0.1) is 0 Å². The van der Waals surface area contributed by atoms with E-state index in [0.717, 1.165) is 11.6 Å². The predicted octanol–water partition coefficient (Wildman–Crippen LogP) is 2.87. The van der Waals surface area contributed by atoms with Crippen molar-refractivity contribution in [3.63, 3.8) is 0 Å². The van der Waals surface area contributed by atoms with E-state index in [0.29, 0.717) is 6.04 Å². The van der Waals surface area contributed by atoms with Crippen molar-refractivity contribution in [2.75, 3.05) is 13.1 Å². The summed E-state index contributed by atoms with van der Waals surface area (Å²) in [6.45, 7) is 4.54. The van der Waals surface area contributed by atoms with E-state index in [1.807, 2.05) is 12.1 Å². The first kappa shape index (κ1) is 14.5. The smallest absolute Gasteiger partial charge is 0.269 e. The molecule has 0 spiro atoms. The van der Waals surface area contributed by atoms with Gasteiger partial charge in [0.15, 0.2) is 0 Å². The maximum absolute atomic E-state index is 10.7. The van der Waals surface area contributed by atoms with Crippen LogP contribution in [-0.4, -0.2) is 35.0 Å². The molecule has 0 aromatic heterocycles. The molecule has 21 heavy (non-hydrogen) atoms. The first-order chi connectivity index (χ1) is 10.1. The van der Waals surface area contributed by atoms with Crippen LogP contribution in [0.4, 0.5) is 5.69 Å². The van der Waals surface area contributed by atoms with Crippen LogP contribution in [0.25, 0.3) is 0 Å². The fourth-order valence-electron chi connectivity index (χ4n) is 3.21. The van der Waals surface area contributed by atoms with Crippen molar-refractivity contribution in [1.82, 2.24) is 10.2 Å². The van der Waals surface area contributed by atoms with Crippen LogP contribution in [0.15, 0.2) is 24.3 Å². The second kappa shape index (κ2) is 6.12. The average Bonchev–Trinajstić information content (AvgIpc) is 3.33. The molecule has 1 atom stereocenters. The summed E-state index contributed by atoms with van der Waals surface area (Å²) >= 11 is 0. The Kier molecular flexibility index (Phi) is 4.22. The monoisotopic (exact) mass is 289 g/mol. The van der Waals surface area contributed by atoms with Crippen LogP contribution in [0.5, 0.6) is 0 Å². The fraction of sp³-hybridized carbons (Fsp3) is 0.625. The number of nitro groups is 1. The number of hydrogen-bond donors (Lipinski definition) is 1. The van der Waals surface area contributed by atoms with Crippen molar-refractivity contribution in [3.05, 3.63) is 39.9 Å². The Morgan fingerprint density at radius 1 is 1.19 bits per heavy atom. The SMILES string of the molecule is CC(NC1CCN(C2CC2)CC1)c1ccc([N+](=O)[O-])cc1. The lowest BCUT2D eigenvalue weighted by atomic mass is 10.0. The van der Waals surface area contributed by atoms with E-state index in [1.54, 1.807) is 12.1 Å². The zero-order chi connectivity index (χ0) is 14.8. The van der Waals surface area contributed by atoms with Crippen molar-refractivity contribution in [1.29, 1.82) is 0 Å². The normalized spacial score (nSPS) is 22.1. The summed E-state index contributed by atoms with van der Waals surface area (Å²) < 4.78 is 0. The fourth-order valence-corrected chi connectivity index (χ4v) is 3.21. The zero-order valence-electron chi connectivity index (χ0n) is 12.5. The van der Waals surface area contributed by atoms with Gasteiger partial charge >= 0.3 is 0 Å². The molecule has 1 heterocycles. The molecule has 1 aliphatic heterocycles. The van der Waals surface area contributed by atoms with Gasteiger partial charge in [-0.05, 0) is 51.3 Å². The van der Waals surface area contributed by atoms with E-state index in [9.17, 15) is 10.1 Å². The van der Waals surface area contributed by atoms with Crippen LogP contribution >= 0.6 is 0 Å². The standard InChI is InChI=1S/C16H23N3O2/c1-12(13-2-4-16(5-3-13)19(20)21)17-14-8-10-18(11-9-14)15-6-7-15/h2-5,12,14-15,17H,6-11H2,1H3. The number of nitrogens with zero attached hydrogens (tertiary/aromatic N) is 2. The lowest BCUT2D eigenvalue weighted by molar-refractivity contribution is -0.384. The second-order valence-corrected chi connectivity index (χ2v) is 6.28. The first-order valence-corrected chi connectivity index (χ1v) is 7.88. The molecule has 0 radical (unpaired) electrons. The van der Waals surface area contributed by atoms with Crippen molar-refractivity contribution in [3.8, 4) is 0 Å². The molecule has 0 amide bonds. The molecule has 1 aliphatic carbocycles. The number of non-ortho nitro benzene ring substituents is 1. The molecular formula is C16H23N3O2. The van der Waals surface area contributed by atoms with Crippen molar-refractivity contribution in [2.24, 2.45) is 0 Å². The number of piperidine rings is 1. The van der Waals surface area contributed by atoms with Crippen LogP contribution in [0.2, 0.25) is 0 Å². The number of nitrogens with one attached hydrogen (secondary N) is 1. The van der Waals surface area contributed by atoms with Crippen LogP contribution < -0.4 is 5.32 Å². The summed E-state index contributed by atoms with van der Waals surface area (Å²) in [6, 6.07) is 8.56. The van der Waals surface area contributed by atoms with Crippen LogP contribution in [0.3, 0.4) is 0 Å². The third-order valence-electron chi connectivity index (χ3n) is 4.68. The van der Waals surface area contributed by atoms with Gasteiger partial charge in [-0.3, -0.25) is 10.1 Å². The number of likely N-dealkylation sites (tertiary alicyclic amines) is 1. The highest BCUT2D eigenvalue weighted by Gasteiger charge is 2.31. The Morgan fingerprint density at radius 2 is 1.81 bits per heavy atom. The molecular weight excluding hydrogens is 266 g/mol. The Balaban J connectivity index is 1.51. The maximum Gasteiger partial charge on any atom is 0.269 e. The largest absolute Gasteiger partial charge is 0.307 e. The third-order valence-corrected chi connectivity index (χ3v) is 4.68. The summed E-state index contributed by atoms with van der Waals surface area (Å²) in [5, 5.41) is 14.3. The van der Waals surface area contributed by atoms with Gasteiger partial charge in [-0.2, -0.15) is 0 Å². The van der Waals surface area contributed by atoms with Crippen molar-refractivity contribution in [2.45, 2.75) is 50.7 Å². The van der Waals surface area contributed by atoms with Gasteiger partial charge in [0.2, 0.25) is 0 Å². The number of benzene rings is 1. The Bertz CT molecular complexity index is 491. The highest BCUT2D eigenvalue weighted by Crippen LogP contribution is 2.29. The van der Waals surface area contributed by atoms with E-state index >= 15 is 0 Å².